The Labute approximate surface area is 1020 Å². The minimum absolute atomic E-state index is 0. The summed E-state index contributed by atoms with van der Waals surface area (Å²) in [6.07, 6.45) is -60.7. The zero-order valence-corrected chi connectivity index (χ0v) is 102. The predicted octanol–water partition coefficient (Wildman–Crippen LogP) is -41.5. The third-order valence-electron chi connectivity index (χ3n) is 20.7. The fourth-order valence-corrected chi connectivity index (χ4v) is 19.6. The number of rotatable bonds is 57. The molecule has 78 heteroatoms. The number of aliphatic carboxylic acids is 2. The summed E-state index contributed by atoms with van der Waals surface area (Å²) in [4.78, 5) is 92.2. The molecule has 5 saturated heterocycles. The second kappa shape index (κ2) is 69.9. The minimum atomic E-state index is -6.05. The van der Waals surface area contributed by atoms with Crippen LogP contribution in [0, 0.1) is 0 Å². The van der Waals surface area contributed by atoms with Gasteiger partial charge in [-0.2, -0.15) is 0 Å². The van der Waals surface area contributed by atoms with Crippen molar-refractivity contribution in [3.8, 4) is 0 Å². The summed E-state index contributed by atoms with van der Waals surface area (Å²) in [6.45, 7) is -9.15. The molecule has 5 aliphatic heterocycles. The maximum absolute atomic E-state index is 13.8. The molecule has 29 atom stereocenters. The molecule has 5 heterocycles. The molecule has 0 radical (unpaired) electrons. The van der Waals surface area contributed by atoms with Crippen molar-refractivity contribution in [3.05, 3.63) is 59.7 Å². The number of carboxylic acids is 2. The van der Waals surface area contributed by atoms with Crippen LogP contribution < -0.4 is 288 Å². The van der Waals surface area contributed by atoms with E-state index in [1.165, 1.54) is 58.0 Å². The first-order valence-corrected chi connectivity index (χ1v) is 50.9. The zero-order valence-electron chi connectivity index (χ0n) is 79.4. The van der Waals surface area contributed by atoms with Crippen LogP contribution in [-0.4, -0.2) is 461 Å². The second-order valence-electron chi connectivity index (χ2n) is 30.5. The molecule has 146 heavy (non-hydrogen) atoms. The number of aliphatic hydroxyl groups excluding tert-OH is 12. The number of benzene rings is 2. The Morgan fingerprint density at radius 3 is 1.14 bits per heavy atom. The van der Waals surface area contributed by atoms with Gasteiger partial charge in [0.25, 0.3) is 11.8 Å². The van der Waals surface area contributed by atoms with Crippen LogP contribution >= 0.6 is 21.6 Å². The van der Waals surface area contributed by atoms with E-state index in [2.05, 4.69) is 48.6 Å². The van der Waals surface area contributed by atoms with Crippen LogP contribution in [0.2, 0.25) is 0 Å². The third-order valence-corrected chi connectivity index (χ3v) is 26.6. The number of hydrogen-bond acceptors (Lipinski definition) is 57. The Morgan fingerprint density at radius 2 is 0.815 bits per heavy atom. The van der Waals surface area contributed by atoms with Crippen LogP contribution in [0.15, 0.2) is 48.5 Å². The quantitative estimate of drug-likeness (QED) is 0.00961. The standard InChI is InChI=1S/C68H107N9O53S8.8Na/c1-117-53-38(27-121-135(105,106)107)123-65(43(49(53)89)75-133(99,100)101)125-55-51(91)57(129-137(111,112)113)67(127-59(55)63(95)96)119-25-36(80)47(87)45(85)34(78)21-71-31-11-7-29(8-12-31)61(93)69-16-18-77(42(84)24-74-41(83)23-73-40(82)6-4-3-5-33-15-20-131-132-33)19-17-70-62(94)30-9-13-32(14-10-30)72-22-35(79)46(86)48(88)37(81)26-120-68-58(130-138(114,115)116)52(92)56(60(128-68)64(97)98)126-66-44(76-134(102,103)104)50(90)54(118-2)39(124-66)28-122-136(108,109)110;;;;;;;;/h7-14,33-39,43-60,65-68,71-72,75-76,78-81,85-92H,3-6,15-28H2,1-2H3,(H,69,93)(H,70,94)(H,73,82)(H,74,83)(H,95,96)(H,97,98)(H,99,100,101)(H,102,103,104)(H,105,106,107)(H,108,109,110)(H,111,112,113)(H,114,115,116);;;;;;;;/q;8*+1/p-8/t33?,34?,35?,36?,37?,38?,39?,43?,44?,45-,46-,47+,48+,49-,50-,51+,52+,53+,54+,55-,56-,57?,58?,59?,60?,65+,66+,67-,68-;;;;;;;;/m1......../s1. The number of methoxy groups -OCH3 is 2. The van der Waals surface area contributed by atoms with Crippen LogP contribution in [-0.2, 0) is 150 Å². The molecular formula is C68H99N9Na8O53S8. The van der Waals surface area contributed by atoms with E-state index in [0.29, 0.717) is 11.7 Å². The van der Waals surface area contributed by atoms with Crippen LogP contribution in [0.5, 0.6) is 0 Å². The normalized spacial score (nSPS) is 27.0. The molecule has 13 unspecified atom stereocenters. The molecule has 62 nitrogen and oxygen atoms in total. The van der Waals surface area contributed by atoms with Gasteiger partial charge < -0.3 is 193 Å². The Hall–Kier alpha value is 1.37. The van der Waals surface area contributed by atoms with Crippen LogP contribution in [0.25, 0.3) is 0 Å². The van der Waals surface area contributed by atoms with Gasteiger partial charge in [0, 0.05) is 93.4 Å². The molecule has 2 aromatic carbocycles. The molecule has 0 bridgehead atoms. The first-order chi connectivity index (χ1) is 64.3. The van der Waals surface area contributed by atoms with Crippen molar-refractivity contribution in [1.82, 2.24) is 35.6 Å². The summed E-state index contributed by atoms with van der Waals surface area (Å²) in [5.41, 5.74) is 0.197. The molecular weight excluding hydrogens is 2230 g/mol. The van der Waals surface area contributed by atoms with Crippen molar-refractivity contribution in [2.75, 3.05) is 109 Å². The summed E-state index contributed by atoms with van der Waals surface area (Å²) in [5.74, 6) is -7.22. The van der Waals surface area contributed by atoms with Gasteiger partial charge in [0.05, 0.1) is 63.7 Å². The number of amides is 5. The number of carboxylic acid groups (broad SMARTS) is 2. The van der Waals surface area contributed by atoms with E-state index in [-0.39, 0.29) is 292 Å². The molecule has 7 rings (SSSR count). The number of unbranched alkanes of at least 4 members (excludes halogenated alkanes) is 1. The predicted molar refractivity (Wildman–Crippen MR) is 438 cm³/mol. The Kier molecular flexibility index (Phi) is 71.5. The van der Waals surface area contributed by atoms with Gasteiger partial charge in [0.2, 0.25) is 59.3 Å². The number of carbonyl (C=O) groups excluding carboxylic acids is 7. The Morgan fingerprint density at radius 1 is 0.452 bits per heavy atom. The van der Waals surface area contributed by atoms with E-state index >= 15 is 0 Å². The number of nitrogens with zero attached hydrogens (tertiary/aromatic N) is 1. The second-order valence-corrected chi connectivity index (χ2v) is 39.7. The maximum Gasteiger partial charge on any atom is 1.00 e. The largest absolute Gasteiger partial charge is 1.00 e. The number of carbonyl (C=O) groups is 7. The van der Waals surface area contributed by atoms with Crippen molar-refractivity contribution >= 4 is 137 Å². The average molecular weight is 2330 g/mol. The van der Waals surface area contributed by atoms with E-state index in [1.807, 2.05) is 0 Å². The number of aliphatic hydroxyl groups is 12. The summed E-state index contributed by atoms with van der Waals surface area (Å²) < 4.78 is 282. The van der Waals surface area contributed by atoms with Gasteiger partial charge >= 0.3 is 236 Å². The van der Waals surface area contributed by atoms with E-state index in [0.717, 1.165) is 44.1 Å². The SMILES string of the molecule is CO[C@H]1C(COS(=O)(=O)[O-])O[C@@H](O[C@H]2C(C(=O)[O-])O[C@@H](OCC(O)[C@H](O)[C@H](O)C(O)CNc3ccc(C(=O)NCCN(CCNC(=O)c4ccc(NCC(O)[C@@H](O)[C@@H](O)C(O)CO[C@@H]5OC(C(=O)[O-])[C@H](O[C@@H]6OC(COS(=O)(=O)[O-])[C@H](OC)[C@H](O)C6NS(=O)(=O)[O-])[C@H](O)C5OS(=O)(=O)[O-])cc4)C(=O)CNC(=O)CNC(=O)CCCCC4CCSS4)cc3)C(OS(=O)(=O)[O-])[C@H]2O)C(NS(=O)(=O)[O-])[C@H]1O.[Na+].[Na+].[Na+].[Na+].[Na+].[Na+].[Na+].[Na+]. The molecule has 5 fully saturated rings. The van der Waals surface area contributed by atoms with Crippen molar-refractivity contribution in [2.24, 2.45) is 0 Å². The molecule has 0 aliphatic carbocycles. The van der Waals surface area contributed by atoms with Crippen LogP contribution in [0.4, 0.5) is 11.4 Å². The Bertz CT molecular complexity index is 4800. The summed E-state index contributed by atoms with van der Waals surface area (Å²) in [5, 5.41) is 172. The smallest absolute Gasteiger partial charge is 0.735 e. The minimum Gasteiger partial charge on any atom is -0.735 e. The van der Waals surface area contributed by atoms with Gasteiger partial charge in [-0.3, -0.25) is 40.7 Å². The number of hydrogen-bond donors (Lipinski definition) is 20. The number of anilines is 2. The first kappa shape index (κ1) is 149. The van der Waals surface area contributed by atoms with Crippen molar-refractivity contribution < 1.29 is 483 Å². The molecule has 5 aliphatic rings. The van der Waals surface area contributed by atoms with E-state index in [4.69, 9.17) is 47.4 Å². The maximum atomic E-state index is 13.8. The molecule has 5 amide bonds. The van der Waals surface area contributed by atoms with Crippen molar-refractivity contribution in [3.63, 3.8) is 0 Å². The molecule has 0 aromatic heterocycles. The third kappa shape index (κ3) is 50.3. The first-order valence-electron chi connectivity index (χ1n) is 40.4. The molecule has 2 aromatic rings. The van der Waals surface area contributed by atoms with Gasteiger partial charge in [-0.15, -0.1) is 0 Å². The fourth-order valence-electron chi connectivity index (χ4n) is 13.9. The fraction of sp³-hybridized carbons (Fsp3) is 0.721. The monoisotopic (exact) mass is 2330 g/mol. The average Bonchev–Trinajstić information content (AvgIpc) is 0.863. The summed E-state index contributed by atoms with van der Waals surface area (Å²) in [6, 6.07) is 5.29. The number of ether oxygens (including phenoxy) is 10. The van der Waals surface area contributed by atoms with Crippen molar-refractivity contribution in [1.29, 1.82) is 0 Å². The summed E-state index contributed by atoms with van der Waals surface area (Å²) in [7, 11) is -29.4. The van der Waals surface area contributed by atoms with Gasteiger partial charge in [-0.25, -0.2) is 60.0 Å². The van der Waals surface area contributed by atoms with Gasteiger partial charge in [0.15, 0.2) is 58.0 Å². The Balaban J connectivity index is 0. The number of nitrogens with one attached hydrogen (secondary N) is 8. The van der Waals surface area contributed by atoms with Gasteiger partial charge in [0.1, 0.15) is 122 Å². The summed E-state index contributed by atoms with van der Waals surface area (Å²) >= 11 is 0. The van der Waals surface area contributed by atoms with Crippen LogP contribution in [0.1, 0.15) is 52.8 Å². The van der Waals surface area contributed by atoms with E-state index in [1.54, 1.807) is 21.6 Å². The van der Waals surface area contributed by atoms with Gasteiger partial charge in [-0.05, 0) is 67.8 Å². The molecule has 790 valence electrons. The van der Waals surface area contributed by atoms with Crippen molar-refractivity contribution in [2.45, 2.75) is 209 Å². The van der Waals surface area contributed by atoms with E-state index in [9.17, 15) is 183 Å². The van der Waals surface area contributed by atoms with E-state index < -0.39 is 328 Å². The molecule has 20 N–H and O–H groups in total. The topological polar surface area (TPSA) is 980 Å². The molecule has 0 spiro atoms. The van der Waals surface area contributed by atoms with Crippen LogP contribution in [0.3, 0.4) is 0 Å². The van der Waals surface area contributed by atoms with Gasteiger partial charge in [-0.1, -0.05) is 28.0 Å². The molecule has 0 saturated carbocycles. The zero-order chi connectivity index (χ0) is 103.